The van der Waals surface area contributed by atoms with Gasteiger partial charge in [0.25, 0.3) is 5.91 Å². The van der Waals surface area contributed by atoms with Gasteiger partial charge in [0, 0.05) is 18.3 Å². The minimum atomic E-state index is -4.43. The molecule has 1 amide bonds. The maximum atomic E-state index is 13.1. The van der Waals surface area contributed by atoms with Crippen molar-refractivity contribution in [3.63, 3.8) is 0 Å². The summed E-state index contributed by atoms with van der Waals surface area (Å²) in [4.78, 5) is 14.5. The van der Waals surface area contributed by atoms with Crippen LogP contribution in [-0.4, -0.2) is 27.4 Å². The second-order valence-electron chi connectivity index (χ2n) is 6.28. The Balaban J connectivity index is 0.00000225. The van der Waals surface area contributed by atoms with Gasteiger partial charge in [-0.15, -0.1) is 0 Å². The molecule has 11 heteroatoms. The number of fused-ring (bicyclic) bond motifs is 1. The van der Waals surface area contributed by atoms with Crippen LogP contribution in [0.4, 0.5) is 24.7 Å². The Labute approximate surface area is 164 Å². The number of alkyl halides is 3. The number of carbonyl (C=O) groups is 1. The van der Waals surface area contributed by atoms with E-state index < -0.39 is 17.6 Å². The number of nitrogens with two attached hydrogens (primary N) is 1. The van der Waals surface area contributed by atoms with Gasteiger partial charge in [-0.3, -0.25) is 9.48 Å². The van der Waals surface area contributed by atoms with Crippen LogP contribution in [0.15, 0.2) is 41.1 Å². The zero-order chi connectivity index (χ0) is 19.3. The van der Waals surface area contributed by atoms with Crippen LogP contribution in [0, 0.1) is 0 Å². The third kappa shape index (κ3) is 3.21. The number of halogens is 3. The van der Waals surface area contributed by atoms with Gasteiger partial charge in [0.15, 0.2) is 11.6 Å². The standard InChI is InChI=1S/C17H14F3N5O2.H2S/c1-9-8-24(11-4-2-10(3-5-11)17(18,19)20)16(26)15-12(7-22-25(9)15)13-6-14(21)23-27-13;/h2-7,9H,8H2,1H3,(H2,21,23);1H2/t9-;/m0./s1. The lowest BCUT2D eigenvalue weighted by Crippen LogP contribution is -2.42. The van der Waals surface area contributed by atoms with E-state index in [-0.39, 0.29) is 37.6 Å². The second kappa shape index (κ2) is 6.89. The third-order valence-corrected chi connectivity index (χ3v) is 4.41. The number of benzene rings is 1. The number of hydrogen-bond acceptors (Lipinski definition) is 5. The average molecular weight is 411 g/mol. The van der Waals surface area contributed by atoms with E-state index in [0.29, 0.717) is 17.0 Å². The first-order chi connectivity index (χ1) is 12.8. The van der Waals surface area contributed by atoms with Crippen LogP contribution in [0.1, 0.15) is 29.0 Å². The van der Waals surface area contributed by atoms with E-state index in [1.807, 2.05) is 6.92 Å². The summed E-state index contributed by atoms with van der Waals surface area (Å²) in [6, 6.07) is 5.77. The van der Waals surface area contributed by atoms with Gasteiger partial charge in [-0.1, -0.05) is 5.16 Å². The van der Waals surface area contributed by atoms with Crippen LogP contribution in [-0.2, 0) is 6.18 Å². The van der Waals surface area contributed by atoms with Crippen LogP contribution in [0.5, 0.6) is 0 Å². The Morgan fingerprint density at radius 2 is 1.93 bits per heavy atom. The molecule has 0 saturated carbocycles. The average Bonchev–Trinajstić information content (AvgIpc) is 3.24. The monoisotopic (exact) mass is 411 g/mol. The maximum Gasteiger partial charge on any atom is 0.416 e. The summed E-state index contributed by atoms with van der Waals surface area (Å²) in [5, 5.41) is 7.85. The highest BCUT2D eigenvalue weighted by Gasteiger charge is 2.35. The number of nitrogen functional groups attached to an aromatic ring is 1. The van der Waals surface area contributed by atoms with Crippen molar-refractivity contribution in [3.05, 3.63) is 47.8 Å². The van der Waals surface area contributed by atoms with Gasteiger partial charge in [0.05, 0.1) is 23.4 Å². The molecule has 3 heterocycles. The van der Waals surface area contributed by atoms with Gasteiger partial charge in [0.1, 0.15) is 5.69 Å². The fourth-order valence-electron chi connectivity index (χ4n) is 3.11. The molecule has 2 N–H and O–H groups in total. The molecule has 0 bridgehead atoms. The van der Waals surface area contributed by atoms with Gasteiger partial charge in [-0.05, 0) is 31.2 Å². The first-order valence-corrected chi connectivity index (χ1v) is 8.05. The molecule has 7 nitrogen and oxygen atoms in total. The number of amides is 1. The van der Waals surface area contributed by atoms with Crippen molar-refractivity contribution >= 4 is 30.9 Å². The highest BCUT2D eigenvalue weighted by molar-refractivity contribution is 7.59. The van der Waals surface area contributed by atoms with Gasteiger partial charge in [-0.2, -0.15) is 31.8 Å². The molecular weight excluding hydrogens is 395 g/mol. The zero-order valence-electron chi connectivity index (χ0n) is 14.6. The lowest BCUT2D eigenvalue weighted by molar-refractivity contribution is -0.137. The summed E-state index contributed by atoms with van der Waals surface area (Å²) in [6.07, 6.45) is -2.95. The first-order valence-electron chi connectivity index (χ1n) is 8.05. The minimum absolute atomic E-state index is 0. The molecule has 1 aromatic carbocycles. The van der Waals surface area contributed by atoms with E-state index in [1.165, 1.54) is 29.3 Å². The quantitative estimate of drug-likeness (QED) is 0.697. The Kier molecular flexibility index (Phi) is 4.88. The second-order valence-corrected chi connectivity index (χ2v) is 6.28. The highest BCUT2D eigenvalue weighted by atomic mass is 32.1. The van der Waals surface area contributed by atoms with Crippen LogP contribution < -0.4 is 10.6 Å². The Morgan fingerprint density at radius 3 is 2.50 bits per heavy atom. The molecule has 2 aromatic heterocycles. The molecule has 0 fully saturated rings. The van der Waals surface area contributed by atoms with Crippen LogP contribution in [0.2, 0.25) is 0 Å². The van der Waals surface area contributed by atoms with Crippen LogP contribution >= 0.6 is 13.5 Å². The van der Waals surface area contributed by atoms with Crippen molar-refractivity contribution in [1.82, 2.24) is 14.9 Å². The van der Waals surface area contributed by atoms with E-state index in [9.17, 15) is 18.0 Å². The van der Waals surface area contributed by atoms with E-state index in [1.54, 1.807) is 4.68 Å². The van der Waals surface area contributed by atoms with Crippen molar-refractivity contribution in [2.45, 2.75) is 19.1 Å². The van der Waals surface area contributed by atoms with Crippen LogP contribution in [0.25, 0.3) is 11.3 Å². The molecule has 0 radical (unpaired) electrons. The SMILES string of the molecule is C[C@H]1CN(c2ccc(C(F)(F)F)cc2)C(=O)c2c(-c3cc(N)no3)cnn21.S. The van der Waals surface area contributed by atoms with Gasteiger partial charge in [0.2, 0.25) is 0 Å². The first kappa shape index (κ1) is 19.8. The Morgan fingerprint density at radius 1 is 1.25 bits per heavy atom. The van der Waals surface area contributed by atoms with Crippen molar-refractivity contribution in [1.29, 1.82) is 0 Å². The van der Waals surface area contributed by atoms with Gasteiger partial charge >= 0.3 is 6.18 Å². The fraction of sp³-hybridized carbons (Fsp3) is 0.235. The molecule has 0 unspecified atom stereocenters. The maximum absolute atomic E-state index is 13.1. The van der Waals surface area contributed by atoms with Crippen molar-refractivity contribution in [2.24, 2.45) is 0 Å². The summed E-state index contributed by atoms with van der Waals surface area (Å²) in [5.74, 6) is 0.0692. The summed E-state index contributed by atoms with van der Waals surface area (Å²) in [6.45, 7) is 2.13. The molecular formula is C17H16F3N5O2S. The number of aromatic nitrogens is 3. The predicted octanol–water partition coefficient (Wildman–Crippen LogP) is 3.47. The molecule has 1 aliphatic rings. The molecule has 4 rings (SSSR count). The molecule has 1 atom stereocenters. The summed E-state index contributed by atoms with van der Waals surface area (Å²) < 4.78 is 45.0. The molecule has 0 saturated heterocycles. The topological polar surface area (TPSA) is 90.2 Å². The number of rotatable bonds is 2. The number of anilines is 2. The highest BCUT2D eigenvalue weighted by Crippen LogP contribution is 2.35. The normalized spacial score (nSPS) is 16.6. The Bertz CT molecular complexity index is 1010. The largest absolute Gasteiger partial charge is 0.416 e. The molecule has 28 heavy (non-hydrogen) atoms. The number of nitrogens with zero attached hydrogens (tertiary/aromatic N) is 4. The molecule has 148 valence electrons. The third-order valence-electron chi connectivity index (χ3n) is 4.41. The molecule has 1 aliphatic heterocycles. The number of carbonyl (C=O) groups excluding carboxylic acids is 1. The van der Waals surface area contributed by atoms with E-state index in [0.717, 1.165) is 12.1 Å². The summed E-state index contributed by atoms with van der Waals surface area (Å²) in [5.41, 5.74) is 5.86. The summed E-state index contributed by atoms with van der Waals surface area (Å²) in [7, 11) is 0. The van der Waals surface area contributed by atoms with Gasteiger partial charge < -0.3 is 15.2 Å². The zero-order valence-corrected chi connectivity index (χ0v) is 15.6. The molecule has 0 spiro atoms. The van der Waals surface area contributed by atoms with Gasteiger partial charge in [-0.25, -0.2) is 0 Å². The number of hydrogen-bond donors (Lipinski definition) is 1. The summed E-state index contributed by atoms with van der Waals surface area (Å²) >= 11 is 0. The van der Waals surface area contributed by atoms with Crippen molar-refractivity contribution in [3.8, 4) is 11.3 Å². The van der Waals surface area contributed by atoms with E-state index in [2.05, 4.69) is 10.3 Å². The molecule has 0 aliphatic carbocycles. The fourth-order valence-corrected chi connectivity index (χ4v) is 3.11. The lowest BCUT2D eigenvalue weighted by Gasteiger charge is -2.32. The van der Waals surface area contributed by atoms with Crippen LogP contribution in [0.3, 0.4) is 0 Å². The van der Waals surface area contributed by atoms with E-state index >= 15 is 0 Å². The Hall–Kier alpha value is -2.95. The minimum Gasteiger partial charge on any atom is -0.381 e. The van der Waals surface area contributed by atoms with Crippen molar-refractivity contribution in [2.75, 3.05) is 17.2 Å². The van der Waals surface area contributed by atoms with Crippen molar-refractivity contribution < 1.29 is 22.5 Å². The lowest BCUT2D eigenvalue weighted by atomic mass is 10.1. The molecule has 3 aromatic rings. The smallest absolute Gasteiger partial charge is 0.381 e. The van der Waals surface area contributed by atoms with E-state index in [4.69, 9.17) is 10.3 Å². The predicted molar refractivity (Wildman–Crippen MR) is 100 cm³/mol.